The second-order valence-electron chi connectivity index (χ2n) is 11.5. The molecule has 43 heavy (non-hydrogen) atoms. The molecule has 0 bridgehead atoms. The summed E-state index contributed by atoms with van der Waals surface area (Å²) >= 11 is 0. The number of phosphoric acid groups is 1. The van der Waals surface area contributed by atoms with Crippen LogP contribution in [0.2, 0.25) is 0 Å². The number of carbonyl (C=O) groups is 3. The Morgan fingerprint density at radius 2 is 1.37 bits per heavy atom. The third-order valence-corrected chi connectivity index (χ3v) is 7.04. The molecule has 0 rings (SSSR count). The molecular weight excluding hydrogens is 581 g/mol. The van der Waals surface area contributed by atoms with E-state index in [9.17, 15) is 28.9 Å². The van der Waals surface area contributed by atoms with Crippen LogP contribution in [0.4, 0.5) is 4.79 Å². The summed E-state index contributed by atoms with van der Waals surface area (Å²) in [6.07, 6.45) is 17.4. The van der Waals surface area contributed by atoms with Crippen molar-refractivity contribution in [2.45, 2.75) is 135 Å². The van der Waals surface area contributed by atoms with E-state index in [2.05, 4.69) is 29.1 Å². The smallest absolute Gasteiger partial charge is 0.467 e. The molecule has 13 heteroatoms. The first-order valence-electron chi connectivity index (χ1n) is 15.5. The van der Waals surface area contributed by atoms with Crippen LogP contribution < -0.4 is 5.32 Å². The number of aliphatic hydroxyl groups excluding tert-OH is 1. The fraction of sp³-hybridized carbons (Fsp3) is 0.833. The molecule has 3 atom stereocenters. The van der Waals surface area contributed by atoms with Gasteiger partial charge in [-0.25, -0.2) is 14.2 Å². The Labute approximate surface area is 257 Å². The zero-order valence-corrected chi connectivity index (χ0v) is 27.7. The lowest BCUT2D eigenvalue weighted by molar-refractivity contribution is -0.147. The highest BCUT2D eigenvalue weighted by Gasteiger charge is 2.30. The highest BCUT2D eigenvalue weighted by molar-refractivity contribution is 7.47. The predicted molar refractivity (Wildman–Crippen MR) is 163 cm³/mol. The number of hydrogen-bond donors (Lipinski definition) is 3. The maximum Gasteiger partial charge on any atom is 0.472 e. The van der Waals surface area contributed by atoms with Crippen molar-refractivity contribution >= 4 is 25.9 Å². The standard InChI is InChI=1S/C30H56NO11P/c1-6-7-8-9-10-11-12-13-14-15-16-17-18-19-20-21-27(33)39-22-25(32)23-40-43(36,37)41-24-26(28(34)38-5)31-29(35)42-30(2,3)4/h13-14,25-26,32H,6-12,15-24H2,1-5H3,(H,31,35)(H,36,37)/b14-13-/t25-,26+/m0/s1. The number of nitrogens with one attached hydrogen (secondary N) is 1. The van der Waals surface area contributed by atoms with Crippen molar-refractivity contribution in [2.24, 2.45) is 0 Å². The van der Waals surface area contributed by atoms with E-state index in [1.165, 1.54) is 38.5 Å². The van der Waals surface area contributed by atoms with Crippen LogP contribution in [0.15, 0.2) is 12.2 Å². The topological polar surface area (TPSA) is 167 Å². The Balaban J connectivity index is 4.02. The zero-order valence-electron chi connectivity index (χ0n) is 26.8. The number of carbonyl (C=O) groups excluding carboxylic acids is 3. The van der Waals surface area contributed by atoms with E-state index in [0.717, 1.165) is 45.6 Å². The first-order valence-corrected chi connectivity index (χ1v) is 17.0. The minimum absolute atomic E-state index is 0.215. The average Bonchev–Trinajstić information content (AvgIpc) is 2.93. The minimum atomic E-state index is -4.73. The van der Waals surface area contributed by atoms with Gasteiger partial charge in [-0.1, -0.05) is 70.4 Å². The summed E-state index contributed by atoms with van der Waals surface area (Å²) in [6, 6.07) is -1.45. The molecule has 1 amide bonds. The summed E-state index contributed by atoms with van der Waals surface area (Å²) in [6.45, 7) is 5.23. The molecular formula is C30H56NO11P. The monoisotopic (exact) mass is 637 g/mol. The number of hydrogen-bond acceptors (Lipinski definition) is 10. The van der Waals surface area contributed by atoms with Gasteiger partial charge in [0.1, 0.15) is 18.3 Å². The highest BCUT2D eigenvalue weighted by atomic mass is 31.2. The van der Waals surface area contributed by atoms with E-state index in [1.54, 1.807) is 20.8 Å². The summed E-state index contributed by atoms with van der Waals surface area (Å²) in [4.78, 5) is 45.6. The van der Waals surface area contributed by atoms with Gasteiger partial charge in [-0.2, -0.15) is 0 Å². The fourth-order valence-electron chi connectivity index (χ4n) is 3.80. The number of alkyl carbamates (subject to hydrolysis) is 1. The van der Waals surface area contributed by atoms with Crippen molar-refractivity contribution in [3.63, 3.8) is 0 Å². The molecule has 0 saturated carbocycles. The van der Waals surface area contributed by atoms with Crippen LogP contribution in [0.1, 0.15) is 118 Å². The van der Waals surface area contributed by atoms with Crippen molar-refractivity contribution < 1.29 is 52.2 Å². The molecule has 0 aromatic heterocycles. The lowest BCUT2D eigenvalue weighted by Crippen LogP contribution is -2.46. The summed E-state index contributed by atoms with van der Waals surface area (Å²) in [5, 5.41) is 12.1. The summed E-state index contributed by atoms with van der Waals surface area (Å²) in [5.74, 6) is -1.42. The van der Waals surface area contributed by atoms with E-state index >= 15 is 0 Å². The molecule has 0 saturated heterocycles. The van der Waals surface area contributed by atoms with Gasteiger partial charge in [-0.15, -0.1) is 0 Å². The van der Waals surface area contributed by atoms with Crippen LogP contribution >= 0.6 is 7.82 Å². The van der Waals surface area contributed by atoms with Gasteiger partial charge in [-0.05, 0) is 52.9 Å². The largest absolute Gasteiger partial charge is 0.472 e. The van der Waals surface area contributed by atoms with E-state index in [1.807, 2.05) is 0 Å². The quantitative estimate of drug-likeness (QED) is 0.0346. The molecule has 252 valence electrons. The molecule has 3 N–H and O–H groups in total. The predicted octanol–water partition coefficient (Wildman–Crippen LogP) is 6.13. The molecule has 0 heterocycles. The Bertz CT molecular complexity index is 844. The number of phosphoric ester groups is 1. The number of unbranched alkanes of at least 4 members (excludes halogenated alkanes) is 11. The first kappa shape index (κ1) is 41.0. The number of aliphatic hydroxyl groups is 1. The van der Waals surface area contributed by atoms with Gasteiger partial charge >= 0.3 is 25.9 Å². The summed E-state index contributed by atoms with van der Waals surface area (Å²) in [7, 11) is -3.67. The second kappa shape index (κ2) is 24.4. The van der Waals surface area contributed by atoms with Gasteiger partial charge < -0.3 is 29.5 Å². The van der Waals surface area contributed by atoms with Crippen molar-refractivity contribution in [3.8, 4) is 0 Å². The lowest BCUT2D eigenvalue weighted by atomic mass is 10.1. The highest BCUT2D eigenvalue weighted by Crippen LogP contribution is 2.43. The van der Waals surface area contributed by atoms with Crippen LogP contribution in [-0.2, 0) is 37.4 Å². The molecule has 0 aliphatic carbocycles. The van der Waals surface area contributed by atoms with Crippen LogP contribution in [0.3, 0.4) is 0 Å². The number of rotatable bonds is 25. The van der Waals surface area contributed by atoms with Crippen molar-refractivity contribution in [2.75, 3.05) is 26.9 Å². The van der Waals surface area contributed by atoms with Gasteiger partial charge in [0.2, 0.25) is 0 Å². The molecule has 0 fully saturated rings. The molecule has 0 aliphatic rings. The van der Waals surface area contributed by atoms with Crippen molar-refractivity contribution in [1.82, 2.24) is 5.32 Å². The number of amides is 1. The molecule has 0 aromatic rings. The Kier molecular flexibility index (Phi) is 23.2. The lowest BCUT2D eigenvalue weighted by Gasteiger charge is -2.23. The maximum atomic E-state index is 12.1. The van der Waals surface area contributed by atoms with Gasteiger partial charge in [-0.3, -0.25) is 13.8 Å². The Morgan fingerprint density at radius 1 is 0.837 bits per heavy atom. The molecule has 0 aliphatic heterocycles. The minimum Gasteiger partial charge on any atom is -0.467 e. The van der Waals surface area contributed by atoms with E-state index < -0.39 is 63.4 Å². The molecule has 0 spiro atoms. The summed E-state index contributed by atoms with van der Waals surface area (Å²) < 4.78 is 36.2. The van der Waals surface area contributed by atoms with E-state index in [4.69, 9.17) is 18.5 Å². The van der Waals surface area contributed by atoms with E-state index in [-0.39, 0.29) is 6.42 Å². The third kappa shape index (κ3) is 26.2. The average molecular weight is 638 g/mol. The molecule has 0 radical (unpaired) electrons. The van der Waals surface area contributed by atoms with Gasteiger partial charge in [0.05, 0.1) is 20.3 Å². The van der Waals surface area contributed by atoms with Crippen molar-refractivity contribution in [3.05, 3.63) is 12.2 Å². The number of ether oxygens (including phenoxy) is 3. The molecule has 12 nitrogen and oxygen atoms in total. The number of methoxy groups -OCH3 is 1. The van der Waals surface area contributed by atoms with Crippen LogP contribution in [0, 0.1) is 0 Å². The third-order valence-electron chi connectivity index (χ3n) is 6.09. The number of allylic oxidation sites excluding steroid dienone is 2. The fourth-order valence-corrected chi connectivity index (χ4v) is 4.57. The number of esters is 2. The van der Waals surface area contributed by atoms with Crippen LogP contribution in [0.25, 0.3) is 0 Å². The maximum absolute atomic E-state index is 12.1. The second-order valence-corrected chi connectivity index (χ2v) is 12.9. The van der Waals surface area contributed by atoms with Crippen LogP contribution in [-0.4, -0.2) is 72.7 Å². The Morgan fingerprint density at radius 3 is 1.93 bits per heavy atom. The van der Waals surface area contributed by atoms with Gasteiger partial charge in [0.25, 0.3) is 0 Å². The summed E-state index contributed by atoms with van der Waals surface area (Å²) in [5.41, 5.74) is -0.843. The zero-order chi connectivity index (χ0) is 32.6. The molecule has 0 aromatic carbocycles. The first-order chi connectivity index (χ1) is 20.3. The van der Waals surface area contributed by atoms with E-state index in [0.29, 0.717) is 6.42 Å². The van der Waals surface area contributed by atoms with Crippen molar-refractivity contribution in [1.29, 1.82) is 0 Å². The Hall–Kier alpha value is -1.98. The van der Waals surface area contributed by atoms with Crippen LogP contribution in [0.5, 0.6) is 0 Å². The van der Waals surface area contributed by atoms with Gasteiger partial charge in [0.15, 0.2) is 6.04 Å². The molecule has 1 unspecified atom stereocenters. The normalized spacial score (nSPS) is 14.6. The van der Waals surface area contributed by atoms with Gasteiger partial charge in [0, 0.05) is 6.42 Å². The SMILES string of the molecule is CCCCCCCC/C=C\CCCCCCCC(=O)OC[C@H](O)COP(=O)(O)OC[C@@H](NC(=O)OC(C)(C)C)C(=O)OC.